The van der Waals surface area contributed by atoms with Crippen LogP contribution in [0.5, 0.6) is 0 Å². The van der Waals surface area contributed by atoms with Gasteiger partial charge in [-0.2, -0.15) is 0 Å². The lowest BCUT2D eigenvalue weighted by Gasteiger charge is -2.38. The number of nitrogen functional groups attached to an aromatic ring is 1. The minimum atomic E-state index is -0.246. The van der Waals surface area contributed by atoms with Crippen molar-refractivity contribution in [3.63, 3.8) is 0 Å². The number of nitrogens with two attached hydrogens (primary N) is 2. The van der Waals surface area contributed by atoms with Crippen LogP contribution in [-0.4, -0.2) is 28.5 Å². The summed E-state index contributed by atoms with van der Waals surface area (Å²) in [4.78, 5) is 22.3. The predicted octanol–water partition coefficient (Wildman–Crippen LogP) is 1.30. The number of carbonyl (C=O) groups excluding carboxylic acids is 1. The van der Waals surface area contributed by atoms with E-state index >= 15 is 0 Å². The van der Waals surface area contributed by atoms with Gasteiger partial charge >= 0.3 is 0 Å². The standard InChI is InChI=1S/C15H19N5O/c1-9-2-3-10(14(17)21)7-20(9)15-12-6-11(16)4-5-13(12)18-8-19-15/h4-6,8-10H,2-3,7,16H2,1H3,(H2,17,21). The number of hydrogen-bond acceptors (Lipinski definition) is 5. The molecule has 6 heteroatoms. The molecule has 1 saturated heterocycles. The van der Waals surface area contributed by atoms with Gasteiger partial charge in [0.1, 0.15) is 12.1 Å². The highest BCUT2D eigenvalue weighted by Crippen LogP contribution is 2.31. The summed E-state index contributed by atoms with van der Waals surface area (Å²) in [5.41, 5.74) is 12.9. The number of fused-ring (bicyclic) bond motifs is 1. The Hall–Kier alpha value is -2.37. The molecule has 0 radical (unpaired) electrons. The van der Waals surface area contributed by atoms with E-state index in [0.29, 0.717) is 18.3 Å². The Balaban J connectivity index is 2.05. The van der Waals surface area contributed by atoms with Gasteiger partial charge in [0.05, 0.1) is 11.4 Å². The number of carbonyl (C=O) groups is 1. The van der Waals surface area contributed by atoms with Crippen molar-refractivity contribution in [2.45, 2.75) is 25.8 Å². The molecular formula is C15H19N5O. The Labute approximate surface area is 123 Å². The molecule has 2 atom stereocenters. The average molecular weight is 285 g/mol. The zero-order valence-corrected chi connectivity index (χ0v) is 12.0. The van der Waals surface area contributed by atoms with Crippen molar-refractivity contribution >= 4 is 28.3 Å². The molecule has 0 aliphatic carbocycles. The van der Waals surface area contributed by atoms with E-state index in [1.54, 1.807) is 6.33 Å². The first-order valence-corrected chi connectivity index (χ1v) is 7.12. The van der Waals surface area contributed by atoms with Crippen LogP contribution in [0.3, 0.4) is 0 Å². The molecule has 1 amide bonds. The monoisotopic (exact) mass is 285 g/mol. The summed E-state index contributed by atoms with van der Waals surface area (Å²) in [5, 5.41) is 0.912. The third-order valence-electron chi connectivity index (χ3n) is 4.19. The van der Waals surface area contributed by atoms with Crippen molar-refractivity contribution in [1.82, 2.24) is 9.97 Å². The van der Waals surface area contributed by atoms with E-state index in [1.807, 2.05) is 18.2 Å². The molecule has 0 saturated carbocycles. The summed E-state index contributed by atoms with van der Waals surface area (Å²) in [6.45, 7) is 2.73. The summed E-state index contributed by atoms with van der Waals surface area (Å²) in [6, 6.07) is 5.90. The second-order valence-electron chi connectivity index (χ2n) is 5.65. The lowest BCUT2D eigenvalue weighted by atomic mass is 9.92. The highest BCUT2D eigenvalue weighted by atomic mass is 16.1. The topological polar surface area (TPSA) is 98.1 Å². The lowest BCUT2D eigenvalue weighted by molar-refractivity contribution is -0.122. The first kappa shape index (κ1) is 13.6. The van der Waals surface area contributed by atoms with Gasteiger partial charge in [0.25, 0.3) is 0 Å². The maximum atomic E-state index is 11.5. The largest absolute Gasteiger partial charge is 0.399 e. The zero-order chi connectivity index (χ0) is 15.0. The second-order valence-corrected chi connectivity index (χ2v) is 5.65. The summed E-state index contributed by atoms with van der Waals surface area (Å²) in [6.07, 6.45) is 3.30. The number of amides is 1. The minimum Gasteiger partial charge on any atom is -0.399 e. The molecule has 2 heterocycles. The molecule has 1 fully saturated rings. The number of benzene rings is 1. The summed E-state index contributed by atoms with van der Waals surface area (Å²) < 4.78 is 0. The third-order valence-corrected chi connectivity index (χ3v) is 4.19. The molecule has 4 N–H and O–H groups in total. The van der Waals surface area contributed by atoms with Crippen molar-refractivity contribution in [2.24, 2.45) is 11.7 Å². The molecular weight excluding hydrogens is 266 g/mol. The van der Waals surface area contributed by atoms with E-state index in [1.165, 1.54) is 0 Å². The lowest BCUT2D eigenvalue weighted by Crippen LogP contribution is -2.46. The molecule has 0 spiro atoms. The third kappa shape index (κ3) is 2.49. The Morgan fingerprint density at radius 3 is 2.90 bits per heavy atom. The Morgan fingerprint density at radius 1 is 1.33 bits per heavy atom. The molecule has 2 unspecified atom stereocenters. The van der Waals surface area contributed by atoms with Gasteiger partial charge < -0.3 is 16.4 Å². The highest BCUT2D eigenvalue weighted by molar-refractivity contribution is 5.92. The van der Waals surface area contributed by atoms with Gasteiger partial charge in [-0.05, 0) is 38.0 Å². The first-order chi connectivity index (χ1) is 10.1. The van der Waals surface area contributed by atoms with Crippen LogP contribution in [0.25, 0.3) is 10.9 Å². The smallest absolute Gasteiger partial charge is 0.222 e. The molecule has 6 nitrogen and oxygen atoms in total. The molecule has 0 bridgehead atoms. The first-order valence-electron chi connectivity index (χ1n) is 7.12. The van der Waals surface area contributed by atoms with Gasteiger partial charge in [0.2, 0.25) is 5.91 Å². The van der Waals surface area contributed by atoms with Crippen molar-refractivity contribution in [1.29, 1.82) is 0 Å². The van der Waals surface area contributed by atoms with Gasteiger partial charge in [0, 0.05) is 23.7 Å². The van der Waals surface area contributed by atoms with E-state index in [0.717, 1.165) is 29.6 Å². The van der Waals surface area contributed by atoms with E-state index < -0.39 is 0 Å². The Bertz CT molecular complexity index is 687. The molecule has 3 rings (SSSR count). The van der Waals surface area contributed by atoms with Crippen LogP contribution in [0.2, 0.25) is 0 Å². The van der Waals surface area contributed by atoms with Crippen molar-refractivity contribution in [2.75, 3.05) is 17.2 Å². The van der Waals surface area contributed by atoms with Gasteiger partial charge in [-0.25, -0.2) is 9.97 Å². The van der Waals surface area contributed by atoms with Crippen molar-refractivity contribution in [3.05, 3.63) is 24.5 Å². The molecule has 110 valence electrons. The number of rotatable bonds is 2. The molecule has 2 aromatic rings. The Morgan fingerprint density at radius 2 is 2.14 bits per heavy atom. The number of piperidine rings is 1. The summed E-state index contributed by atoms with van der Waals surface area (Å²) in [5.74, 6) is 0.447. The highest BCUT2D eigenvalue weighted by Gasteiger charge is 2.30. The van der Waals surface area contributed by atoms with Crippen LogP contribution in [0.4, 0.5) is 11.5 Å². The van der Waals surface area contributed by atoms with E-state index in [-0.39, 0.29) is 11.8 Å². The summed E-state index contributed by atoms with van der Waals surface area (Å²) in [7, 11) is 0. The normalized spacial score (nSPS) is 22.4. The number of primary amides is 1. The van der Waals surface area contributed by atoms with Crippen molar-refractivity contribution < 1.29 is 4.79 Å². The number of hydrogen-bond donors (Lipinski definition) is 2. The second kappa shape index (κ2) is 5.20. The van der Waals surface area contributed by atoms with Gasteiger partial charge in [-0.1, -0.05) is 0 Å². The molecule has 1 aliphatic heterocycles. The predicted molar refractivity (Wildman–Crippen MR) is 82.7 cm³/mol. The van der Waals surface area contributed by atoms with Crippen molar-refractivity contribution in [3.8, 4) is 0 Å². The zero-order valence-electron chi connectivity index (χ0n) is 12.0. The average Bonchev–Trinajstić information content (AvgIpc) is 2.47. The Kier molecular flexibility index (Phi) is 3.37. The molecule has 1 aromatic heterocycles. The molecule has 1 aliphatic rings. The maximum Gasteiger partial charge on any atom is 0.222 e. The number of anilines is 2. The van der Waals surface area contributed by atoms with E-state index in [4.69, 9.17) is 11.5 Å². The van der Waals surface area contributed by atoms with Crippen LogP contribution in [0.1, 0.15) is 19.8 Å². The molecule has 21 heavy (non-hydrogen) atoms. The quantitative estimate of drug-likeness (QED) is 0.810. The van der Waals surface area contributed by atoms with Crippen LogP contribution < -0.4 is 16.4 Å². The van der Waals surface area contributed by atoms with Crippen LogP contribution in [0, 0.1) is 5.92 Å². The fraction of sp³-hybridized carbons (Fsp3) is 0.400. The minimum absolute atomic E-state index is 0.132. The molecule has 1 aromatic carbocycles. The number of nitrogens with zero attached hydrogens (tertiary/aromatic N) is 3. The SMILES string of the molecule is CC1CCC(C(N)=O)CN1c1ncnc2ccc(N)cc12. The van der Waals surface area contributed by atoms with E-state index in [2.05, 4.69) is 21.8 Å². The van der Waals surface area contributed by atoms with E-state index in [9.17, 15) is 4.79 Å². The maximum absolute atomic E-state index is 11.5. The van der Waals surface area contributed by atoms with Crippen LogP contribution in [0.15, 0.2) is 24.5 Å². The van der Waals surface area contributed by atoms with Gasteiger partial charge in [-0.15, -0.1) is 0 Å². The van der Waals surface area contributed by atoms with Gasteiger partial charge in [0.15, 0.2) is 0 Å². The fourth-order valence-corrected chi connectivity index (χ4v) is 2.92. The fourth-order valence-electron chi connectivity index (χ4n) is 2.92. The summed E-state index contributed by atoms with van der Waals surface area (Å²) >= 11 is 0. The van der Waals surface area contributed by atoms with Crippen LogP contribution in [-0.2, 0) is 4.79 Å². The van der Waals surface area contributed by atoms with Crippen LogP contribution >= 0.6 is 0 Å². The van der Waals surface area contributed by atoms with Gasteiger partial charge in [-0.3, -0.25) is 4.79 Å². The number of aromatic nitrogens is 2.